The Morgan fingerprint density at radius 1 is 1.33 bits per heavy atom. The third-order valence-electron chi connectivity index (χ3n) is 2.89. The maximum Gasteiger partial charge on any atom is 0.407 e. The standard InChI is InChI=1S/C12H23NO2/c1-10(2)15-12(14)13-9-8-11-6-4-3-5-7-11/h10-11H,3-9H2,1-2H3,(H,13,14). The SMILES string of the molecule is CC(C)OC(=O)NCCC1CCCCC1. The molecule has 1 aliphatic rings. The van der Waals surface area contributed by atoms with Gasteiger partial charge in [0.25, 0.3) is 0 Å². The molecule has 0 aromatic carbocycles. The molecule has 0 aromatic rings. The van der Waals surface area contributed by atoms with Crippen molar-refractivity contribution in [2.24, 2.45) is 5.92 Å². The maximum absolute atomic E-state index is 11.2. The van der Waals surface area contributed by atoms with Crippen LogP contribution in [0, 0.1) is 5.92 Å². The Morgan fingerprint density at radius 2 is 2.00 bits per heavy atom. The van der Waals surface area contributed by atoms with Crippen LogP contribution >= 0.6 is 0 Å². The number of hydrogen-bond acceptors (Lipinski definition) is 2. The Kier molecular flexibility index (Phi) is 5.51. The van der Waals surface area contributed by atoms with Crippen LogP contribution in [0.4, 0.5) is 4.79 Å². The molecule has 0 radical (unpaired) electrons. The summed E-state index contributed by atoms with van der Waals surface area (Å²) in [4.78, 5) is 11.2. The number of ether oxygens (including phenoxy) is 1. The van der Waals surface area contributed by atoms with Crippen LogP contribution in [0.5, 0.6) is 0 Å². The Labute approximate surface area is 92.6 Å². The van der Waals surface area contributed by atoms with E-state index in [9.17, 15) is 4.79 Å². The highest BCUT2D eigenvalue weighted by atomic mass is 16.6. The first kappa shape index (κ1) is 12.3. The molecule has 1 saturated carbocycles. The minimum absolute atomic E-state index is 0.0281. The summed E-state index contributed by atoms with van der Waals surface area (Å²) in [7, 11) is 0. The fourth-order valence-corrected chi connectivity index (χ4v) is 2.11. The van der Waals surface area contributed by atoms with Crippen molar-refractivity contribution in [3.05, 3.63) is 0 Å². The molecule has 3 nitrogen and oxygen atoms in total. The van der Waals surface area contributed by atoms with Crippen molar-refractivity contribution >= 4 is 6.09 Å². The summed E-state index contributed by atoms with van der Waals surface area (Å²) in [6, 6.07) is 0. The molecule has 0 saturated heterocycles. The van der Waals surface area contributed by atoms with Gasteiger partial charge in [-0.05, 0) is 26.2 Å². The van der Waals surface area contributed by atoms with Crippen molar-refractivity contribution < 1.29 is 9.53 Å². The van der Waals surface area contributed by atoms with Gasteiger partial charge in [-0.3, -0.25) is 0 Å². The van der Waals surface area contributed by atoms with Gasteiger partial charge >= 0.3 is 6.09 Å². The molecule has 1 aliphatic carbocycles. The molecule has 0 bridgehead atoms. The van der Waals surface area contributed by atoms with E-state index in [1.807, 2.05) is 13.8 Å². The van der Waals surface area contributed by atoms with Gasteiger partial charge in [0.15, 0.2) is 0 Å². The van der Waals surface area contributed by atoms with Crippen LogP contribution in [0.3, 0.4) is 0 Å². The van der Waals surface area contributed by atoms with Crippen molar-refractivity contribution in [3.8, 4) is 0 Å². The van der Waals surface area contributed by atoms with Crippen LogP contribution in [-0.4, -0.2) is 18.7 Å². The van der Waals surface area contributed by atoms with Gasteiger partial charge in [0, 0.05) is 6.54 Å². The summed E-state index contributed by atoms with van der Waals surface area (Å²) < 4.78 is 4.99. The molecule has 0 aliphatic heterocycles. The fourth-order valence-electron chi connectivity index (χ4n) is 2.11. The summed E-state index contributed by atoms with van der Waals surface area (Å²) in [6.45, 7) is 4.48. The van der Waals surface area contributed by atoms with Crippen LogP contribution in [0.1, 0.15) is 52.4 Å². The van der Waals surface area contributed by atoms with Crippen LogP contribution < -0.4 is 5.32 Å². The molecular weight excluding hydrogens is 190 g/mol. The van der Waals surface area contributed by atoms with Gasteiger partial charge < -0.3 is 10.1 Å². The lowest BCUT2D eigenvalue weighted by atomic mass is 9.87. The van der Waals surface area contributed by atoms with E-state index in [0.29, 0.717) is 0 Å². The first-order chi connectivity index (χ1) is 7.18. The van der Waals surface area contributed by atoms with Gasteiger partial charge in [0.1, 0.15) is 0 Å². The largest absolute Gasteiger partial charge is 0.447 e. The van der Waals surface area contributed by atoms with Crippen molar-refractivity contribution in [2.45, 2.75) is 58.5 Å². The molecule has 1 amide bonds. The lowest BCUT2D eigenvalue weighted by Crippen LogP contribution is -2.29. The van der Waals surface area contributed by atoms with Crippen molar-refractivity contribution in [2.75, 3.05) is 6.54 Å². The predicted molar refractivity (Wildman–Crippen MR) is 60.8 cm³/mol. The highest BCUT2D eigenvalue weighted by molar-refractivity contribution is 5.67. The van der Waals surface area contributed by atoms with E-state index >= 15 is 0 Å². The van der Waals surface area contributed by atoms with Gasteiger partial charge in [0.2, 0.25) is 0 Å². The van der Waals surface area contributed by atoms with E-state index < -0.39 is 0 Å². The number of amides is 1. The number of nitrogens with one attached hydrogen (secondary N) is 1. The van der Waals surface area contributed by atoms with Gasteiger partial charge in [-0.1, -0.05) is 32.1 Å². The van der Waals surface area contributed by atoms with E-state index in [-0.39, 0.29) is 12.2 Å². The minimum Gasteiger partial charge on any atom is -0.447 e. The number of carbonyl (C=O) groups excluding carboxylic acids is 1. The molecule has 88 valence electrons. The van der Waals surface area contributed by atoms with Crippen molar-refractivity contribution in [1.29, 1.82) is 0 Å². The van der Waals surface area contributed by atoms with E-state index in [2.05, 4.69) is 5.32 Å². The Balaban J connectivity index is 2.02. The van der Waals surface area contributed by atoms with Gasteiger partial charge in [0.05, 0.1) is 6.10 Å². The van der Waals surface area contributed by atoms with Gasteiger partial charge in [-0.15, -0.1) is 0 Å². The molecule has 0 spiro atoms. The first-order valence-electron chi connectivity index (χ1n) is 6.13. The predicted octanol–water partition coefficient (Wildman–Crippen LogP) is 3.09. The molecule has 0 aromatic heterocycles. The van der Waals surface area contributed by atoms with E-state index in [1.54, 1.807) is 0 Å². The molecular formula is C12H23NO2. The monoisotopic (exact) mass is 213 g/mol. The van der Waals surface area contributed by atoms with Gasteiger partial charge in [-0.2, -0.15) is 0 Å². The number of hydrogen-bond donors (Lipinski definition) is 1. The zero-order valence-electron chi connectivity index (χ0n) is 9.92. The van der Waals surface area contributed by atoms with Crippen LogP contribution in [-0.2, 0) is 4.74 Å². The smallest absolute Gasteiger partial charge is 0.407 e. The lowest BCUT2D eigenvalue weighted by molar-refractivity contribution is 0.115. The maximum atomic E-state index is 11.2. The average Bonchev–Trinajstić information content (AvgIpc) is 2.18. The first-order valence-corrected chi connectivity index (χ1v) is 6.13. The molecule has 0 atom stereocenters. The summed E-state index contributed by atoms with van der Waals surface area (Å²) in [5.41, 5.74) is 0. The quantitative estimate of drug-likeness (QED) is 0.779. The Bertz CT molecular complexity index is 186. The molecule has 0 unspecified atom stereocenters. The molecule has 0 heterocycles. The zero-order chi connectivity index (χ0) is 11.1. The summed E-state index contributed by atoms with van der Waals surface area (Å²) >= 11 is 0. The second-order valence-electron chi connectivity index (χ2n) is 4.67. The third-order valence-corrected chi connectivity index (χ3v) is 2.89. The second kappa shape index (κ2) is 6.70. The topological polar surface area (TPSA) is 38.3 Å². The fraction of sp³-hybridized carbons (Fsp3) is 0.917. The average molecular weight is 213 g/mol. The van der Waals surface area contributed by atoms with Crippen molar-refractivity contribution in [1.82, 2.24) is 5.32 Å². The number of rotatable bonds is 4. The molecule has 1 fully saturated rings. The third kappa shape index (κ3) is 5.65. The Hall–Kier alpha value is -0.730. The van der Waals surface area contributed by atoms with Gasteiger partial charge in [-0.25, -0.2) is 4.79 Å². The molecule has 1 N–H and O–H groups in total. The normalized spacial score (nSPS) is 17.8. The molecule has 3 heteroatoms. The minimum atomic E-state index is -0.277. The second-order valence-corrected chi connectivity index (χ2v) is 4.67. The van der Waals surface area contributed by atoms with E-state index in [0.717, 1.165) is 18.9 Å². The summed E-state index contributed by atoms with van der Waals surface area (Å²) in [5, 5.41) is 2.80. The summed E-state index contributed by atoms with van der Waals surface area (Å²) in [6.07, 6.45) is 7.58. The number of carbonyl (C=O) groups is 1. The van der Waals surface area contributed by atoms with E-state index in [4.69, 9.17) is 4.74 Å². The van der Waals surface area contributed by atoms with Crippen LogP contribution in [0.2, 0.25) is 0 Å². The van der Waals surface area contributed by atoms with E-state index in [1.165, 1.54) is 32.1 Å². The summed E-state index contributed by atoms with van der Waals surface area (Å²) in [5.74, 6) is 0.818. The molecule has 1 rings (SSSR count). The molecule has 15 heavy (non-hydrogen) atoms. The highest BCUT2D eigenvalue weighted by Crippen LogP contribution is 2.25. The lowest BCUT2D eigenvalue weighted by Gasteiger charge is -2.21. The van der Waals surface area contributed by atoms with Crippen LogP contribution in [0.25, 0.3) is 0 Å². The Morgan fingerprint density at radius 3 is 2.60 bits per heavy atom. The number of alkyl carbamates (subject to hydrolysis) is 1. The highest BCUT2D eigenvalue weighted by Gasteiger charge is 2.13. The van der Waals surface area contributed by atoms with Crippen LogP contribution in [0.15, 0.2) is 0 Å². The van der Waals surface area contributed by atoms with Crippen molar-refractivity contribution in [3.63, 3.8) is 0 Å². The zero-order valence-corrected chi connectivity index (χ0v) is 9.92.